The Morgan fingerprint density at radius 3 is 2.74 bits per heavy atom. The van der Waals surface area contributed by atoms with Crippen LogP contribution in [0, 0.1) is 11.7 Å². The number of nitrogens with one attached hydrogen (secondary N) is 2. The van der Waals surface area contributed by atoms with Crippen LogP contribution in [0.1, 0.15) is 29.8 Å². The molecule has 1 aliphatic carbocycles. The summed E-state index contributed by atoms with van der Waals surface area (Å²) in [4.78, 5) is 36.8. The summed E-state index contributed by atoms with van der Waals surface area (Å²) in [5.74, 6) is -0.972. The third-order valence-corrected chi connectivity index (χ3v) is 6.72. The highest BCUT2D eigenvalue weighted by atomic mass is 19.1. The molecule has 0 unspecified atom stereocenters. The number of carbonyl (C=O) groups is 2. The van der Waals surface area contributed by atoms with Crippen molar-refractivity contribution in [1.29, 1.82) is 0 Å². The van der Waals surface area contributed by atoms with Crippen molar-refractivity contribution in [3.8, 4) is 0 Å². The number of hydrogen-bond acceptors (Lipinski definition) is 8. The topological polar surface area (TPSA) is 130 Å². The van der Waals surface area contributed by atoms with E-state index >= 15 is 0 Å². The quantitative estimate of drug-likeness (QED) is 0.490. The number of piperazine rings is 1. The van der Waals surface area contributed by atoms with Crippen LogP contribution in [0.15, 0.2) is 34.9 Å². The second-order valence-electron chi connectivity index (χ2n) is 9.16. The highest BCUT2D eigenvalue weighted by Crippen LogP contribution is 2.30. The summed E-state index contributed by atoms with van der Waals surface area (Å²) in [6.07, 6.45) is 3.31. The number of amides is 2. The number of carbonyl (C=O) groups excluding carboxylic acids is 2. The van der Waals surface area contributed by atoms with Crippen molar-refractivity contribution in [2.75, 3.05) is 43.9 Å². The van der Waals surface area contributed by atoms with Crippen LogP contribution in [0.2, 0.25) is 0 Å². The number of nitrogens with zero attached hydrogens (tertiary/aromatic N) is 4. The van der Waals surface area contributed by atoms with Crippen molar-refractivity contribution in [3.63, 3.8) is 0 Å². The number of halogens is 1. The molecule has 1 aliphatic heterocycles. The van der Waals surface area contributed by atoms with E-state index in [4.69, 9.17) is 10.2 Å². The van der Waals surface area contributed by atoms with Crippen molar-refractivity contribution >= 4 is 40.2 Å². The van der Waals surface area contributed by atoms with Crippen LogP contribution in [0.4, 0.5) is 21.8 Å². The average Bonchev–Trinajstić information content (AvgIpc) is 3.48. The standard InChI is InChI=1S/C24H28FN7O3/c1-31-7-9-32(10-8-31)23(34)20-12-14-11-15(5-6-19(14)35-20)28-24-27-13-17(25)22(30-24)29-18-4-2-3-16(18)21(26)33/h5-6,11-13,16,18H,2-4,7-10H2,1H3,(H2,26,33)(H2,27,28,29,30)/t16-,18+/m0/s1. The first kappa shape index (κ1) is 23.0. The van der Waals surface area contributed by atoms with Crippen LogP contribution >= 0.6 is 0 Å². The Labute approximate surface area is 201 Å². The van der Waals surface area contributed by atoms with E-state index < -0.39 is 11.7 Å². The van der Waals surface area contributed by atoms with Crippen molar-refractivity contribution < 1.29 is 18.4 Å². The number of likely N-dealkylation sites (N-methyl/N-ethyl adjacent to an activating group) is 1. The molecule has 2 atom stereocenters. The minimum Gasteiger partial charge on any atom is -0.451 e. The van der Waals surface area contributed by atoms with Crippen molar-refractivity contribution in [2.45, 2.75) is 25.3 Å². The molecule has 184 valence electrons. The molecule has 0 spiro atoms. The summed E-state index contributed by atoms with van der Waals surface area (Å²) < 4.78 is 20.2. The van der Waals surface area contributed by atoms with Gasteiger partial charge < -0.3 is 30.6 Å². The fourth-order valence-electron chi connectivity index (χ4n) is 4.70. The van der Waals surface area contributed by atoms with Gasteiger partial charge >= 0.3 is 0 Å². The summed E-state index contributed by atoms with van der Waals surface area (Å²) in [6.45, 7) is 2.99. The van der Waals surface area contributed by atoms with E-state index in [1.54, 1.807) is 23.1 Å². The molecule has 0 bridgehead atoms. The minimum absolute atomic E-state index is 0.0186. The maximum atomic E-state index is 14.4. The summed E-state index contributed by atoms with van der Waals surface area (Å²) in [5, 5.41) is 6.84. The third kappa shape index (κ3) is 4.90. The first-order chi connectivity index (χ1) is 16.9. The predicted molar refractivity (Wildman–Crippen MR) is 129 cm³/mol. The SMILES string of the molecule is CN1CCN(C(=O)c2cc3cc(Nc4ncc(F)c(N[C@@H]5CCC[C@@H]5C(N)=O)n4)ccc3o2)CC1. The molecule has 10 nitrogen and oxygen atoms in total. The Morgan fingerprint density at radius 2 is 1.97 bits per heavy atom. The molecule has 1 saturated heterocycles. The lowest BCUT2D eigenvalue weighted by molar-refractivity contribution is -0.121. The molecular weight excluding hydrogens is 453 g/mol. The summed E-state index contributed by atoms with van der Waals surface area (Å²) in [7, 11) is 2.04. The Bertz CT molecular complexity index is 1260. The van der Waals surface area contributed by atoms with Crippen molar-refractivity contribution in [1.82, 2.24) is 19.8 Å². The Morgan fingerprint density at radius 1 is 1.17 bits per heavy atom. The number of fused-ring (bicyclic) bond motifs is 1. The zero-order chi connectivity index (χ0) is 24.5. The monoisotopic (exact) mass is 481 g/mol. The normalized spacial score (nSPS) is 20.8. The maximum Gasteiger partial charge on any atom is 0.289 e. The molecule has 1 saturated carbocycles. The molecule has 2 aliphatic rings. The van der Waals surface area contributed by atoms with Gasteiger partial charge in [-0.25, -0.2) is 9.37 Å². The Hall–Kier alpha value is -3.73. The van der Waals surface area contributed by atoms with Crippen LogP contribution in [0.25, 0.3) is 11.0 Å². The molecule has 5 rings (SSSR count). The van der Waals surface area contributed by atoms with Gasteiger partial charge in [-0.2, -0.15) is 4.98 Å². The molecule has 35 heavy (non-hydrogen) atoms. The van der Waals surface area contributed by atoms with Gasteiger partial charge in [0.15, 0.2) is 17.4 Å². The number of hydrogen-bond donors (Lipinski definition) is 3. The molecule has 11 heteroatoms. The van der Waals surface area contributed by atoms with Gasteiger partial charge in [0.1, 0.15) is 5.58 Å². The van der Waals surface area contributed by atoms with Gasteiger partial charge in [0.25, 0.3) is 5.91 Å². The zero-order valence-corrected chi connectivity index (χ0v) is 19.5. The van der Waals surface area contributed by atoms with E-state index in [9.17, 15) is 14.0 Å². The first-order valence-electron chi connectivity index (χ1n) is 11.7. The summed E-state index contributed by atoms with van der Waals surface area (Å²) in [5.41, 5.74) is 6.72. The molecule has 2 amide bonds. The van der Waals surface area contributed by atoms with Crippen LogP contribution in [-0.4, -0.2) is 70.9 Å². The summed E-state index contributed by atoms with van der Waals surface area (Å²) in [6, 6.07) is 6.82. The molecule has 2 aromatic heterocycles. The number of nitrogens with two attached hydrogens (primary N) is 1. The van der Waals surface area contributed by atoms with E-state index in [0.717, 1.165) is 31.1 Å². The van der Waals surface area contributed by atoms with Gasteiger partial charge in [-0.1, -0.05) is 6.42 Å². The minimum atomic E-state index is -0.608. The molecule has 3 heterocycles. The van der Waals surface area contributed by atoms with E-state index in [2.05, 4.69) is 25.5 Å². The molecule has 2 fully saturated rings. The van der Waals surface area contributed by atoms with Gasteiger partial charge in [0.05, 0.1) is 12.1 Å². The Balaban J connectivity index is 1.31. The number of benzene rings is 1. The molecule has 3 aromatic rings. The molecule has 4 N–H and O–H groups in total. The zero-order valence-electron chi connectivity index (χ0n) is 19.5. The molecule has 0 radical (unpaired) electrons. The number of anilines is 3. The van der Waals surface area contributed by atoms with Crippen LogP contribution in [0.3, 0.4) is 0 Å². The lowest BCUT2D eigenvalue weighted by Crippen LogP contribution is -2.47. The largest absolute Gasteiger partial charge is 0.451 e. The fraction of sp³-hybridized carbons (Fsp3) is 0.417. The molecular formula is C24H28FN7O3. The van der Waals surface area contributed by atoms with E-state index in [-0.39, 0.29) is 29.6 Å². The highest BCUT2D eigenvalue weighted by molar-refractivity contribution is 5.97. The van der Waals surface area contributed by atoms with Gasteiger partial charge in [-0.3, -0.25) is 9.59 Å². The first-order valence-corrected chi connectivity index (χ1v) is 11.7. The smallest absolute Gasteiger partial charge is 0.289 e. The number of rotatable bonds is 6. The van der Waals surface area contributed by atoms with E-state index in [0.29, 0.717) is 43.0 Å². The van der Waals surface area contributed by atoms with Crippen LogP contribution < -0.4 is 16.4 Å². The fourth-order valence-corrected chi connectivity index (χ4v) is 4.70. The highest BCUT2D eigenvalue weighted by Gasteiger charge is 2.32. The van der Waals surface area contributed by atoms with Crippen molar-refractivity contribution in [2.24, 2.45) is 11.7 Å². The lowest BCUT2D eigenvalue weighted by Gasteiger charge is -2.31. The van der Waals surface area contributed by atoms with Gasteiger partial charge in [0, 0.05) is 43.3 Å². The number of furan rings is 1. The number of aromatic nitrogens is 2. The van der Waals surface area contributed by atoms with E-state index in [1.165, 1.54) is 0 Å². The van der Waals surface area contributed by atoms with Crippen molar-refractivity contribution in [3.05, 3.63) is 42.0 Å². The second-order valence-corrected chi connectivity index (χ2v) is 9.16. The van der Waals surface area contributed by atoms with Gasteiger partial charge in [-0.05, 0) is 44.2 Å². The lowest BCUT2D eigenvalue weighted by atomic mass is 10.0. The van der Waals surface area contributed by atoms with E-state index in [1.807, 2.05) is 13.1 Å². The third-order valence-electron chi connectivity index (χ3n) is 6.72. The summed E-state index contributed by atoms with van der Waals surface area (Å²) >= 11 is 0. The van der Waals surface area contributed by atoms with Crippen LogP contribution in [0.5, 0.6) is 0 Å². The number of primary amides is 1. The van der Waals surface area contributed by atoms with Crippen LogP contribution in [-0.2, 0) is 4.79 Å². The molecule has 1 aromatic carbocycles. The second kappa shape index (κ2) is 9.49. The van der Waals surface area contributed by atoms with Gasteiger partial charge in [-0.15, -0.1) is 0 Å². The predicted octanol–water partition coefficient (Wildman–Crippen LogP) is 2.56. The Kier molecular flexibility index (Phi) is 6.25. The maximum absolute atomic E-state index is 14.4. The van der Waals surface area contributed by atoms with Gasteiger partial charge in [0.2, 0.25) is 11.9 Å². The average molecular weight is 482 g/mol.